The third kappa shape index (κ3) is 5.51. The highest BCUT2D eigenvalue weighted by atomic mass is 32.2. The van der Waals surface area contributed by atoms with Crippen molar-refractivity contribution in [1.82, 2.24) is 0 Å². The Morgan fingerprint density at radius 3 is 2.07 bits per heavy atom. The van der Waals surface area contributed by atoms with Crippen LogP contribution >= 0.6 is 0 Å². The number of hydrogen-bond donors (Lipinski definition) is 1. The first-order chi connectivity index (χ1) is 13.7. The summed E-state index contributed by atoms with van der Waals surface area (Å²) in [5, 5.41) is 2.67. The van der Waals surface area contributed by atoms with Crippen LogP contribution in [0.15, 0.2) is 42.5 Å². The number of aryl methyl sites for hydroxylation is 2. The summed E-state index contributed by atoms with van der Waals surface area (Å²) in [6.45, 7) is 5.28. The maximum atomic E-state index is 12.9. The van der Waals surface area contributed by atoms with Crippen molar-refractivity contribution in [2.45, 2.75) is 26.8 Å². The minimum absolute atomic E-state index is 0.355. The zero-order valence-corrected chi connectivity index (χ0v) is 19.5. The van der Waals surface area contributed by atoms with Crippen LogP contribution in [-0.2, 0) is 24.8 Å². The number of sulfonamides is 2. The van der Waals surface area contributed by atoms with E-state index in [1.165, 1.54) is 20.0 Å². The molecule has 1 atom stereocenters. The molecule has 2 aromatic rings. The monoisotopic (exact) mass is 453 g/mol. The lowest BCUT2D eigenvalue weighted by Gasteiger charge is -2.29. The van der Waals surface area contributed by atoms with Crippen LogP contribution in [0, 0.1) is 13.8 Å². The summed E-state index contributed by atoms with van der Waals surface area (Å²) in [7, 11) is -5.79. The average molecular weight is 454 g/mol. The topological polar surface area (TPSA) is 104 Å². The smallest absolute Gasteiger partial charge is 0.247 e. The van der Waals surface area contributed by atoms with Gasteiger partial charge in [-0.1, -0.05) is 12.1 Å². The third-order valence-corrected chi connectivity index (χ3v) is 7.26. The zero-order chi connectivity index (χ0) is 22.9. The molecule has 0 aliphatic heterocycles. The lowest BCUT2D eigenvalue weighted by molar-refractivity contribution is -0.116. The Hall–Kier alpha value is -2.59. The maximum Gasteiger partial charge on any atom is 0.247 e. The van der Waals surface area contributed by atoms with Gasteiger partial charge in [0, 0.05) is 12.7 Å². The van der Waals surface area contributed by atoms with Gasteiger partial charge in [-0.05, 0) is 62.2 Å². The number of amides is 1. The molecule has 0 aromatic heterocycles. The summed E-state index contributed by atoms with van der Waals surface area (Å²) < 4.78 is 50.6. The molecule has 1 N–H and O–H groups in total. The highest BCUT2D eigenvalue weighted by Crippen LogP contribution is 2.25. The van der Waals surface area contributed by atoms with Crippen LogP contribution in [0.2, 0.25) is 0 Å². The molecule has 0 heterocycles. The number of carbonyl (C=O) groups is 1. The standard InChI is InChI=1S/C20H27N3O5S2/c1-14-10-11-19(12-15(14)2)23(30(6,27)28)16(3)20(24)21-17-8-7-9-18(13-17)22(4)29(5,25)26/h7-13,16H,1-6H3,(H,21,24). The van der Waals surface area contributed by atoms with Crippen LogP contribution < -0.4 is 13.9 Å². The van der Waals surface area contributed by atoms with Gasteiger partial charge in [-0.25, -0.2) is 16.8 Å². The molecular weight excluding hydrogens is 426 g/mol. The molecule has 0 saturated heterocycles. The van der Waals surface area contributed by atoms with E-state index in [4.69, 9.17) is 0 Å². The number of nitrogens with zero attached hydrogens (tertiary/aromatic N) is 2. The van der Waals surface area contributed by atoms with E-state index >= 15 is 0 Å². The largest absolute Gasteiger partial charge is 0.324 e. The Kier molecular flexibility index (Phi) is 6.83. The molecule has 0 aliphatic carbocycles. The summed E-state index contributed by atoms with van der Waals surface area (Å²) in [4.78, 5) is 12.9. The van der Waals surface area contributed by atoms with Crippen molar-refractivity contribution in [2.24, 2.45) is 0 Å². The molecule has 0 aliphatic rings. The Morgan fingerprint density at radius 1 is 0.900 bits per heavy atom. The Balaban J connectivity index is 2.34. The van der Waals surface area contributed by atoms with Gasteiger partial charge < -0.3 is 5.32 Å². The second kappa shape index (κ2) is 8.65. The molecule has 0 spiro atoms. The fraction of sp³-hybridized carbons (Fsp3) is 0.350. The molecule has 1 unspecified atom stereocenters. The fourth-order valence-corrected chi connectivity index (χ4v) is 4.55. The van der Waals surface area contributed by atoms with Crippen molar-refractivity contribution in [2.75, 3.05) is 33.5 Å². The maximum absolute atomic E-state index is 12.9. The van der Waals surface area contributed by atoms with E-state index in [0.29, 0.717) is 17.1 Å². The predicted octanol–water partition coefficient (Wildman–Crippen LogP) is 2.49. The molecule has 0 saturated carbocycles. The Labute approximate surface area is 178 Å². The highest BCUT2D eigenvalue weighted by molar-refractivity contribution is 7.92. The van der Waals surface area contributed by atoms with Crippen LogP contribution in [0.4, 0.5) is 17.1 Å². The van der Waals surface area contributed by atoms with Gasteiger partial charge in [0.25, 0.3) is 0 Å². The SMILES string of the molecule is Cc1ccc(N(C(C)C(=O)Nc2cccc(N(C)S(C)(=O)=O)c2)S(C)(=O)=O)cc1C. The van der Waals surface area contributed by atoms with Crippen molar-refractivity contribution in [3.63, 3.8) is 0 Å². The van der Waals surface area contributed by atoms with E-state index in [0.717, 1.165) is 32.2 Å². The van der Waals surface area contributed by atoms with Crippen LogP contribution in [0.25, 0.3) is 0 Å². The quantitative estimate of drug-likeness (QED) is 0.694. The minimum atomic E-state index is -3.74. The van der Waals surface area contributed by atoms with Gasteiger partial charge in [0.15, 0.2) is 0 Å². The van der Waals surface area contributed by atoms with E-state index in [1.54, 1.807) is 36.4 Å². The van der Waals surface area contributed by atoms with Crippen molar-refractivity contribution in [1.29, 1.82) is 0 Å². The molecule has 2 rings (SSSR count). The number of nitrogens with one attached hydrogen (secondary N) is 1. The second-order valence-corrected chi connectivity index (χ2v) is 11.1. The predicted molar refractivity (Wildman–Crippen MR) is 121 cm³/mol. The summed E-state index contributed by atoms with van der Waals surface area (Å²) in [5.74, 6) is -0.544. The number of hydrogen-bond acceptors (Lipinski definition) is 5. The third-order valence-electron chi connectivity index (χ3n) is 4.81. The molecule has 2 aromatic carbocycles. The molecule has 164 valence electrons. The van der Waals surface area contributed by atoms with Crippen LogP contribution in [-0.4, -0.2) is 48.3 Å². The normalized spacial score (nSPS) is 12.9. The van der Waals surface area contributed by atoms with Gasteiger partial charge in [0.2, 0.25) is 26.0 Å². The van der Waals surface area contributed by atoms with Gasteiger partial charge in [-0.3, -0.25) is 13.4 Å². The number of benzene rings is 2. The van der Waals surface area contributed by atoms with Crippen LogP contribution in [0.5, 0.6) is 0 Å². The molecule has 0 fully saturated rings. The van der Waals surface area contributed by atoms with E-state index in [1.807, 2.05) is 13.8 Å². The number of anilines is 3. The van der Waals surface area contributed by atoms with E-state index in [9.17, 15) is 21.6 Å². The second-order valence-electron chi connectivity index (χ2n) is 7.27. The number of rotatable bonds is 7. The fourth-order valence-electron chi connectivity index (χ4n) is 2.89. The first-order valence-corrected chi connectivity index (χ1v) is 12.8. The highest BCUT2D eigenvalue weighted by Gasteiger charge is 2.29. The van der Waals surface area contributed by atoms with Crippen LogP contribution in [0.3, 0.4) is 0 Å². The molecule has 0 radical (unpaired) electrons. The number of carbonyl (C=O) groups excluding carboxylic acids is 1. The van der Waals surface area contributed by atoms with Crippen molar-refractivity contribution >= 4 is 43.0 Å². The van der Waals surface area contributed by atoms with Gasteiger partial charge in [0.05, 0.1) is 23.9 Å². The first-order valence-electron chi connectivity index (χ1n) is 9.13. The lowest BCUT2D eigenvalue weighted by atomic mass is 10.1. The summed E-state index contributed by atoms with van der Waals surface area (Å²) in [6, 6.07) is 10.5. The minimum Gasteiger partial charge on any atom is -0.324 e. The van der Waals surface area contributed by atoms with Crippen molar-refractivity contribution in [3.05, 3.63) is 53.6 Å². The Morgan fingerprint density at radius 2 is 1.53 bits per heavy atom. The molecular formula is C20H27N3O5S2. The van der Waals surface area contributed by atoms with Crippen molar-refractivity contribution in [3.8, 4) is 0 Å². The molecule has 8 nitrogen and oxygen atoms in total. The van der Waals surface area contributed by atoms with Gasteiger partial charge >= 0.3 is 0 Å². The molecule has 30 heavy (non-hydrogen) atoms. The molecule has 10 heteroatoms. The van der Waals surface area contributed by atoms with Gasteiger partial charge in [0.1, 0.15) is 6.04 Å². The average Bonchev–Trinajstić information content (AvgIpc) is 2.62. The summed E-state index contributed by atoms with van der Waals surface area (Å²) >= 11 is 0. The van der Waals surface area contributed by atoms with E-state index < -0.39 is 32.0 Å². The molecule has 0 bridgehead atoms. The molecule has 1 amide bonds. The van der Waals surface area contributed by atoms with Gasteiger partial charge in [-0.15, -0.1) is 0 Å². The Bertz CT molecular complexity index is 1160. The first kappa shape index (κ1) is 23.7. The van der Waals surface area contributed by atoms with E-state index in [-0.39, 0.29) is 0 Å². The van der Waals surface area contributed by atoms with E-state index in [2.05, 4.69) is 5.32 Å². The van der Waals surface area contributed by atoms with Crippen molar-refractivity contribution < 1.29 is 21.6 Å². The zero-order valence-electron chi connectivity index (χ0n) is 17.9. The lowest BCUT2D eigenvalue weighted by Crippen LogP contribution is -2.45. The van der Waals surface area contributed by atoms with Gasteiger partial charge in [-0.2, -0.15) is 0 Å². The summed E-state index contributed by atoms with van der Waals surface area (Å²) in [6.07, 6.45) is 2.13. The summed E-state index contributed by atoms with van der Waals surface area (Å²) in [5.41, 5.74) is 3.04. The van der Waals surface area contributed by atoms with Crippen LogP contribution in [0.1, 0.15) is 18.1 Å².